The lowest BCUT2D eigenvalue weighted by atomic mass is 9.89. The molecule has 4 heteroatoms. The average Bonchev–Trinajstić information content (AvgIpc) is 2.64. The molecule has 1 aromatic rings. The summed E-state index contributed by atoms with van der Waals surface area (Å²) in [7, 11) is 0. The van der Waals surface area contributed by atoms with E-state index in [4.69, 9.17) is 5.26 Å². The standard InChI is InChI=1S/C17H21FN2O/c1-12(2)14-4-6-17(21)20(8-7-14)11-15-9-13(10-19)3-5-16(15)18/h3,5,9,12,14H,4,6-8,11H2,1-2H3. The first-order valence-corrected chi connectivity index (χ1v) is 7.47. The lowest BCUT2D eigenvalue weighted by molar-refractivity contribution is -0.131. The first kappa shape index (κ1) is 15.5. The van der Waals surface area contributed by atoms with E-state index in [0.29, 0.717) is 35.9 Å². The van der Waals surface area contributed by atoms with Gasteiger partial charge in [-0.25, -0.2) is 4.39 Å². The van der Waals surface area contributed by atoms with Crippen LogP contribution in [0.5, 0.6) is 0 Å². The highest BCUT2D eigenvalue weighted by atomic mass is 19.1. The van der Waals surface area contributed by atoms with Gasteiger partial charge in [-0.1, -0.05) is 13.8 Å². The molecular formula is C17H21FN2O. The van der Waals surface area contributed by atoms with Gasteiger partial charge in [-0.2, -0.15) is 5.26 Å². The van der Waals surface area contributed by atoms with Gasteiger partial charge in [0.1, 0.15) is 5.82 Å². The highest BCUT2D eigenvalue weighted by Gasteiger charge is 2.24. The maximum atomic E-state index is 13.8. The van der Waals surface area contributed by atoms with Crippen molar-refractivity contribution >= 4 is 5.91 Å². The van der Waals surface area contributed by atoms with Gasteiger partial charge in [0.05, 0.1) is 11.6 Å². The van der Waals surface area contributed by atoms with Crippen LogP contribution in [0.3, 0.4) is 0 Å². The van der Waals surface area contributed by atoms with Crippen LogP contribution < -0.4 is 0 Å². The third-order valence-electron chi connectivity index (χ3n) is 4.33. The van der Waals surface area contributed by atoms with Crippen LogP contribution in [0.15, 0.2) is 18.2 Å². The summed E-state index contributed by atoms with van der Waals surface area (Å²) in [4.78, 5) is 13.9. The molecular weight excluding hydrogens is 267 g/mol. The first-order chi connectivity index (χ1) is 10.0. The summed E-state index contributed by atoms with van der Waals surface area (Å²) in [5.74, 6) is 0.844. The summed E-state index contributed by atoms with van der Waals surface area (Å²) in [6.07, 6.45) is 2.40. The molecule has 112 valence electrons. The smallest absolute Gasteiger partial charge is 0.222 e. The highest BCUT2D eigenvalue weighted by Crippen LogP contribution is 2.26. The van der Waals surface area contributed by atoms with Crippen molar-refractivity contribution < 1.29 is 9.18 Å². The SMILES string of the molecule is CC(C)C1CCC(=O)N(Cc2cc(C#N)ccc2F)CC1. The number of halogens is 1. The minimum Gasteiger partial charge on any atom is -0.338 e. The molecule has 1 aliphatic rings. The van der Waals surface area contributed by atoms with E-state index in [2.05, 4.69) is 13.8 Å². The Balaban J connectivity index is 2.12. The lowest BCUT2D eigenvalue weighted by Crippen LogP contribution is -2.30. The van der Waals surface area contributed by atoms with E-state index in [1.807, 2.05) is 6.07 Å². The molecule has 1 aliphatic heterocycles. The van der Waals surface area contributed by atoms with Crippen LogP contribution in [-0.4, -0.2) is 17.4 Å². The van der Waals surface area contributed by atoms with E-state index in [1.54, 1.807) is 4.90 Å². The molecule has 1 unspecified atom stereocenters. The zero-order valence-electron chi connectivity index (χ0n) is 12.6. The van der Waals surface area contributed by atoms with Gasteiger partial charge in [-0.3, -0.25) is 4.79 Å². The predicted molar refractivity (Wildman–Crippen MR) is 78.7 cm³/mol. The van der Waals surface area contributed by atoms with Crippen LogP contribution in [0.1, 0.15) is 44.2 Å². The minimum absolute atomic E-state index is 0.0833. The number of likely N-dealkylation sites (tertiary alicyclic amines) is 1. The Morgan fingerprint density at radius 3 is 2.86 bits per heavy atom. The van der Waals surface area contributed by atoms with Crippen LogP contribution in [0.4, 0.5) is 4.39 Å². The summed E-state index contributed by atoms with van der Waals surface area (Å²) in [5.41, 5.74) is 0.846. The molecule has 3 nitrogen and oxygen atoms in total. The fourth-order valence-corrected chi connectivity index (χ4v) is 2.86. The Morgan fingerprint density at radius 1 is 1.43 bits per heavy atom. The van der Waals surface area contributed by atoms with Crippen LogP contribution in [0, 0.1) is 29.0 Å². The van der Waals surface area contributed by atoms with Crippen molar-refractivity contribution in [2.45, 2.75) is 39.7 Å². The third kappa shape index (κ3) is 3.81. The maximum Gasteiger partial charge on any atom is 0.222 e. The molecule has 1 saturated heterocycles. The van der Waals surface area contributed by atoms with E-state index in [0.717, 1.165) is 12.8 Å². The molecule has 1 amide bonds. The number of rotatable bonds is 3. The van der Waals surface area contributed by atoms with Gasteiger partial charge in [0.15, 0.2) is 0 Å². The van der Waals surface area contributed by atoms with Crippen molar-refractivity contribution in [2.24, 2.45) is 11.8 Å². The molecule has 21 heavy (non-hydrogen) atoms. The summed E-state index contributed by atoms with van der Waals surface area (Å²) < 4.78 is 13.8. The van der Waals surface area contributed by atoms with Crippen molar-refractivity contribution in [3.63, 3.8) is 0 Å². The Kier molecular flexibility index (Phi) is 4.95. The van der Waals surface area contributed by atoms with Crippen molar-refractivity contribution in [3.05, 3.63) is 35.1 Å². The summed E-state index contributed by atoms with van der Waals surface area (Å²) in [6, 6.07) is 6.30. The second-order valence-corrected chi connectivity index (χ2v) is 6.06. The monoisotopic (exact) mass is 288 g/mol. The highest BCUT2D eigenvalue weighted by molar-refractivity contribution is 5.76. The first-order valence-electron chi connectivity index (χ1n) is 7.47. The van der Waals surface area contributed by atoms with Gasteiger partial charge < -0.3 is 4.90 Å². The number of benzene rings is 1. The fourth-order valence-electron chi connectivity index (χ4n) is 2.86. The molecule has 0 aliphatic carbocycles. The zero-order chi connectivity index (χ0) is 15.4. The lowest BCUT2D eigenvalue weighted by Gasteiger charge is -2.22. The van der Waals surface area contributed by atoms with E-state index < -0.39 is 0 Å². The van der Waals surface area contributed by atoms with Crippen LogP contribution in [0.2, 0.25) is 0 Å². The Hall–Kier alpha value is -1.89. The second kappa shape index (κ2) is 6.71. The normalized spacial score (nSPS) is 19.5. The van der Waals surface area contributed by atoms with Gasteiger partial charge in [0.25, 0.3) is 0 Å². The zero-order valence-corrected chi connectivity index (χ0v) is 12.6. The Morgan fingerprint density at radius 2 is 2.19 bits per heavy atom. The average molecular weight is 288 g/mol. The van der Waals surface area contributed by atoms with Crippen molar-refractivity contribution in [1.82, 2.24) is 4.90 Å². The number of carbonyl (C=O) groups is 1. The number of amides is 1. The van der Waals surface area contributed by atoms with Gasteiger partial charge in [0, 0.05) is 25.1 Å². The number of hydrogen-bond donors (Lipinski definition) is 0. The van der Waals surface area contributed by atoms with Crippen molar-refractivity contribution in [2.75, 3.05) is 6.54 Å². The van der Waals surface area contributed by atoms with Crippen molar-refractivity contribution in [3.8, 4) is 6.07 Å². The number of hydrogen-bond acceptors (Lipinski definition) is 2. The summed E-state index contributed by atoms with van der Waals surface area (Å²) in [6.45, 7) is 5.28. The Labute approximate surface area is 125 Å². The molecule has 0 spiro atoms. The molecule has 0 radical (unpaired) electrons. The van der Waals surface area contributed by atoms with Gasteiger partial charge >= 0.3 is 0 Å². The topological polar surface area (TPSA) is 44.1 Å². The number of nitriles is 1. The Bertz CT molecular complexity index is 562. The summed E-state index contributed by atoms with van der Waals surface area (Å²) in [5, 5.41) is 8.90. The number of carbonyl (C=O) groups excluding carboxylic acids is 1. The maximum absolute atomic E-state index is 13.8. The predicted octanol–water partition coefficient (Wildman–Crippen LogP) is 3.48. The molecule has 1 atom stereocenters. The molecule has 0 saturated carbocycles. The van der Waals surface area contributed by atoms with E-state index in [1.165, 1.54) is 18.2 Å². The summed E-state index contributed by atoms with van der Waals surface area (Å²) >= 11 is 0. The van der Waals surface area contributed by atoms with E-state index in [9.17, 15) is 9.18 Å². The van der Waals surface area contributed by atoms with E-state index in [-0.39, 0.29) is 18.3 Å². The molecule has 0 bridgehead atoms. The number of nitrogens with zero attached hydrogens (tertiary/aromatic N) is 2. The minimum atomic E-state index is -0.355. The molecule has 0 N–H and O–H groups in total. The van der Waals surface area contributed by atoms with Crippen molar-refractivity contribution in [1.29, 1.82) is 5.26 Å². The van der Waals surface area contributed by atoms with Gasteiger partial charge in [0.2, 0.25) is 5.91 Å². The van der Waals surface area contributed by atoms with Gasteiger partial charge in [-0.15, -0.1) is 0 Å². The molecule has 1 heterocycles. The molecule has 1 fully saturated rings. The fraction of sp³-hybridized carbons (Fsp3) is 0.529. The third-order valence-corrected chi connectivity index (χ3v) is 4.33. The van der Waals surface area contributed by atoms with Gasteiger partial charge in [-0.05, 0) is 42.9 Å². The molecule has 0 aromatic heterocycles. The van der Waals surface area contributed by atoms with Crippen LogP contribution in [-0.2, 0) is 11.3 Å². The molecule has 1 aromatic carbocycles. The second-order valence-electron chi connectivity index (χ2n) is 6.06. The quantitative estimate of drug-likeness (QED) is 0.854. The van der Waals surface area contributed by atoms with Crippen LogP contribution >= 0.6 is 0 Å². The van der Waals surface area contributed by atoms with Crippen LogP contribution in [0.25, 0.3) is 0 Å². The van der Waals surface area contributed by atoms with E-state index >= 15 is 0 Å². The largest absolute Gasteiger partial charge is 0.338 e. The molecule has 2 rings (SSSR count).